The molecule has 3 heteroatoms. The van der Waals surface area contributed by atoms with E-state index in [0.717, 1.165) is 19.5 Å². The predicted molar refractivity (Wildman–Crippen MR) is 53.8 cm³/mol. The largest absolute Gasteiger partial charge is 0.478 e. The van der Waals surface area contributed by atoms with Crippen molar-refractivity contribution >= 4 is 5.97 Å². The van der Waals surface area contributed by atoms with Gasteiger partial charge in [0.05, 0.1) is 0 Å². The molecule has 0 amide bonds. The molecule has 1 unspecified atom stereocenters. The Labute approximate surface area is 80.0 Å². The molecule has 0 aromatic heterocycles. The Morgan fingerprint density at radius 1 is 1.54 bits per heavy atom. The summed E-state index contributed by atoms with van der Waals surface area (Å²) in [6.45, 7) is 8.05. The zero-order chi connectivity index (χ0) is 10.3. The van der Waals surface area contributed by atoms with Crippen molar-refractivity contribution in [1.82, 2.24) is 4.90 Å². The smallest absolute Gasteiger partial charge is 0.328 e. The molecule has 13 heavy (non-hydrogen) atoms. The standard InChI is InChI=1S/C10H19NO2/c1-4-9(3)11(5-2)8-6-7-10(12)13/h6-7,9H,4-5,8H2,1-3H3,(H,12,13). The number of carboxylic acids is 1. The normalized spacial score (nSPS) is 13.8. The van der Waals surface area contributed by atoms with E-state index in [2.05, 4.69) is 25.7 Å². The van der Waals surface area contributed by atoms with Crippen molar-refractivity contribution in [3.63, 3.8) is 0 Å². The third kappa shape index (κ3) is 5.42. The van der Waals surface area contributed by atoms with Gasteiger partial charge in [0.15, 0.2) is 0 Å². The molecule has 0 rings (SSSR count). The Balaban J connectivity index is 3.91. The summed E-state index contributed by atoms with van der Waals surface area (Å²) in [5.74, 6) is -0.875. The first-order valence-electron chi connectivity index (χ1n) is 4.75. The van der Waals surface area contributed by atoms with E-state index < -0.39 is 5.97 Å². The van der Waals surface area contributed by atoms with Crippen molar-refractivity contribution in [3.8, 4) is 0 Å². The maximum absolute atomic E-state index is 10.2. The van der Waals surface area contributed by atoms with E-state index in [-0.39, 0.29) is 0 Å². The van der Waals surface area contributed by atoms with E-state index >= 15 is 0 Å². The van der Waals surface area contributed by atoms with Crippen LogP contribution in [0.5, 0.6) is 0 Å². The fourth-order valence-electron chi connectivity index (χ4n) is 1.17. The van der Waals surface area contributed by atoms with Crippen LogP contribution >= 0.6 is 0 Å². The van der Waals surface area contributed by atoms with Gasteiger partial charge >= 0.3 is 5.97 Å². The van der Waals surface area contributed by atoms with Gasteiger partial charge in [-0.2, -0.15) is 0 Å². The number of rotatable bonds is 6. The van der Waals surface area contributed by atoms with Crippen LogP contribution in [0.4, 0.5) is 0 Å². The Bertz CT molecular complexity index is 178. The molecule has 0 fully saturated rings. The number of carbonyl (C=O) groups is 1. The second-order valence-electron chi connectivity index (χ2n) is 3.09. The lowest BCUT2D eigenvalue weighted by atomic mass is 10.2. The first-order valence-corrected chi connectivity index (χ1v) is 4.75. The summed E-state index contributed by atoms with van der Waals surface area (Å²) in [4.78, 5) is 12.4. The average molecular weight is 185 g/mol. The van der Waals surface area contributed by atoms with Crippen LogP contribution in [0.2, 0.25) is 0 Å². The number of carboxylic acid groups (broad SMARTS) is 1. The van der Waals surface area contributed by atoms with E-state index in [9.17, 15) is 4.79 Å². The quantitative estimate of drug-likeness (QED) is 0.641. The minimum Gasteiger partial charge on any atom is -0.478 e. The van der Waals surface area contributed by atoms with Crippen LogP contribution in [-0.2, 0) is 4.79 Å². The molecule has 3 nitrogen and oxygen atoms in total. The second kappa shape index (κ2) is 6.66. The van der Waals surface area contributed by atoms with Crippen molar-refractivity contribution in [3.05, 3.63) is 12.2 Å². The number of nitrogens with zero attached hydrogens (tertiary/aromatic N) is 1. The summed E-state index contributed by atoms with van der Waals surface area (Å²) < 4.78 is 0. The molecule has 0 aliphatic heterocycles. The highest BCUT2D eigenvalue weighted by molar-refractivity contribution is 5.79. The van der Waals surface area contributed by atoms with E-state index in [1.807, 2.05) is 0 Å². The van der Waals surface area contributed by atoms with Crippen molar-refractivity contribution in [2.75, 3.05) is 13.1 Å². The van der Waals surface area contributed by atoms with Crippen LogP contribution < -0.4 is 0 Å². The molecule has 76 valence electrons. The van der Waals surface area contributed by atoms with Crippen LogP contribution in [0.25, 0.3) is 0 Å². The Kier molecular flexibility index (Phi) is 6.24. The van der Waals surface area contributed by atoms with Crippen molar-refractivity contribution in [2.45, 2.75) is 33.2 Å². The molecule has 1 N–H and O–H groups in total. The summed E-state index contributed by atoms with van der Waals surface area (Å²) in [7, 11) is 0. The molecular formula is C10H19NO2. The van der Waals surface area contributed by atoms with Gasteiger partial charge < -0.3 is 5.11 Å². The van der Waals surface area contributed by atoms with E-state index in [4.69, 9.17) is 5.11 Å². The lowest BCUT2D eigenvalue weighted by Gasteiger charge is -2.25. The zero-order valence-corrected chi connectivity index (χ0v) is 8.66. The fourth-order valence-corrected chi connectivity index (χ4v) is 1.17. The summed E-state index contributed by atoms with van der Waals surface area (Å²) >= 11 is 0. The van der Waals surface area contributed by atoms with Crippen molar-refractivity contribution in [2.24, 2.45) is 0 Å². The minimum absolute atomic E-state index is 0.517. The summed E-state index contributed by atoms with van der Waals surface area (Å²) in [5.41, 5.74) is 0. The fraction of sp³-hybridized carbons (Fsp3) is 0.700. The molecule has 0 aromatic carbocycles. The lowest BCUT2D eigenvalue weighted by molar-refractivity contribution is -0.131. The average Bonchev–Trinajstić information content (AvgIpc) is 2.11. The molecule has 0 heterocycles. The van der Waals surface area contributed by atoms with Crippen LogP contribution in [-0.4, -0.2) is 35.1 Å². The number of hydrogen-bond donors (Lipinski definition) is 1. The van der Waals surface area contributed by atoms with Gasteiger partial charge in [0.25, 0.3) is 0 Å². The third-order valence-electron chi connectivity index (χ3n) is 2.22. The predicted octanol–water partition coefficient (Wildman–Crippen LogP) is 1.75. The number of aliphatic carboxylic acids is 1. The molecule has 0 saturated heterocycles. The highest BCUT2D eigenvalue weighted by Crippen LogP contribution is 2.02. The Morgan fingerprint density at radius 3 is 2.54 bits per heavy atom. The molecule has 0 radical (unpaired) electrons. The van der Waals surface area contributed by atoms with Gasteiger partial charge in [0.1, 0.15) is 0 Å². The van der Waals surface area contributed by atoms with E-state index in [1.165, 1.54) is 6.08 Å². The van der Waals surface area contributed by atoms with Gasteiger partial charge in [0.2, 0.25) is 0 Å². The van der Waals surface area contributed by atoms with Gasteiger partial charge in [-0.3, -0.25) is 4.90 Å². The zero-order valence-electron chi connectivity index (χ0n) is 8.66. The first kappa shape index (κ1) is 12.2. The van der Waals surface area contributed by atoms with Crippen LogP contribution in [0.1, 0.15) is 27.2 Å². The molecular weight excluding hydrogens is 166 g/mol. The van der Waals surface area contributed by atoms with Crippen LogP contribution in [0.15, 0.2) is 12.2 Å². The summed E-state index contributed by atoms with van der Waals surface area (Å²) in [6.07, 6.45) is 3.98. The van der Waals surface area contributed by atoms with Crippen molar-refractivity contribution in [1.29, 1.82) is 0 Å². The van der Waals surface area contributed by atoms with Gasteiger partial charge in [-0.05, 0) is 19.9 Å². The second-order valence-corrected chi connectivity index (χ2v) is 3.09. The Morgan fingerprint density at radius 2 is 2.15 bits per heavy atom. The SMILES string of the molecule is CCC(C)N(CC)CC=CC(=O)O. The molecule has 0 spiro atoms. The Hall–Kier alpha value is -0.830. The van der Waals surface area contributed by atoms with E-state index in [0.29, 0.717) is 6.04 Å². The molecule has 0 bridgehead atoms. The van der Waals surface area contributed by atoms with Gasteiger partial charge in [-0.1, -0.05) is 19.9 Å². The monoisotopic (exact) mass is 185 g/mol. The highest BCUT2D eigenvalue weighted by Gasteiger charge is 2.07. The molecule has 1 atom stereocenters. The summed E-state index contributed by atoms with van der Waals surface area (Å²) in [5, 5.41) is 8.39. The number of hydrogen-bond acceptors (Lipinski definition) is 2. The molecule has 0 aromatic rings. The summed E-state index contributed by atoms with van der Waals surface area (Å²) in [6, 6.07) is 0.517. The minimum atomic E-state index is -0.875. The van der Waals surface area contributed by atoms with Crippen LogP contribution in [0.3, 0.4) is 0 Å². The third-order valence-corrected chi connectivity index (χ3v) is 2.22. The van der Waals surface area contributed by atoms with Crippen LogP contribution in [0, 0.1) is 0 Å². The topological polar surface area (TPSA) is 40.5 Å². The molecule has 0 saturated carbocycles. The molecule has 0 aliphatic rings. The maximum Gasteiger partial charge on any atom is 0.328 e. The van der Waals surface area contributed by atoms with Crippen molar-refractivity contribution < 1.29 is 9.90 Å². The highest BCUT2D eigenvalue weighted by atomic mass is 16.4. The maximum atomic E-state index is 10.2. The van der Waals surface area contributed by atoms with E-state index in [1.54, 1.807) is 6.08 Å². The lowest BCUT2D eigenvalue weighted by Crippen LogP contribution is -2.32. The molecule has 0 aliphatic carbocycles. The first-order chi connectivity index (χ1) is 6.11. The number of likely N-dealkylation sites (N-methyl/N-ethyl adjacent to an activating group) is 1. The van der Waals surface area contributed by atoms with Gasteiger partial charge in [0, 0.05) is 18.7 Å². The van der Waals surface area contributed by atoms with Gasteiger partial charge in [-0.25, -0.2) is 4.79 Å². The van der Waals surface area contributed by atoms with Gasteiger partial charge in [-0.15, -0.1) is 0 Å².